The molecule has 1 aromatic rings. The minimum atomic E-state index is 0.0281. The van der Waals surface area contributed by atoms with E-state index in [1.807, 2.05) is 4.90 Å². The number of pyridine rings is 1. The molecule has 2 heterocycles. The van der Waals surface area contributed by atoms with Crippen LogP contribution in [0.15, 0.2) is 18.3 Å². The summed E-state index contributed by atoms with van der Waals surface area (Å²) >= 11 is 0. The molecule has 6 heteroatoms. The number of nitrogens with two attached hydrogens (primary N) is 1. The van der Waals surface area contributed by atoms with Crippen molar-refractivity contribution < 1.29 is 4.79 Å². The van der Waals surface area contributed by atoms with E-state index >= 15 is 0 Å². The second-order valence-electron chi connectivity index (χ2n) is 3.62. The Hall–Kier alpha value is -1.66. The molecule has 6 nitrogen and oxygen atoms in total. The van der Waals surface area contributed by atoms with Crippen LogP contribution in [-0.2, 0) is 0 Å². The SMILES string of the molecule is NNc1cc(C(=O)N2CCNCC2)ccn1. The third-order valence-corrected chi connectivity index (χ3v) is 2.56. The Morgan fingerprint density at radius 3 is 2.94 bits per heavy atom. The first-order chi connectivity index (χ1) is 7.81. The van der Waals surface area contributed by atoms with E-state index in [1.165, 1.54) is 0 Å². The van der Waals surface area contributed by atoms with Crippen molar-refractivity contribution in [1.82, 2.24) is 15.2 Å². The highest BCUT2D eigenvalue weighted by molar-refractivity contribution is 5.94. The van der Waals surface area contributed by atoms with Gasteiger partial charge in [-0.1, -0.05) is 0 Å². The summed E-state index contributed by atoms with van der Waals surface area (Å²) in [4.78, 5) is 17.9. The van der Waals surface area contributed by atoms with E-state index in [0.717, 1.165) is 26.2 Å². The Labute approximate surface area is 93.8 Å². The molecule has 4 N–H and O–H groups in total. The molecule has 0 bridgehead atoms. The lowest BCUT2D eigenvalue weighted by atomic mass is 10.2. The molecule has 0 aromatic carbocycles. The maximum atomic E-state index is 12.1. The molecular weight excluding hydrogens is 206 g/mol. The molecule has 0 saturated carbocycles. The van der Waals surface area contributed by atoms with Gasteiger partial charge in [0.05, 0.1) is 0 Å². The predicted octanol–water partition coefficient (Wildman–Crippen LogP) is -0.587. The van der Waals surface area contributed by atoms with Crippen LogP contribution in [0.5, 0.6) is 0 Å². The lowest BCUT2D eigenvalue weighted by molar-refractivity contribution is 0.0736. The Balaban J connectivity index is 2.12. The van der Waals surface area contributed by atoms with Crippen molar-refractivity contribution in [2.45, 2.75) is 0 Å². The van der Waals surface area contributed by atoms with Crippen LogP contribution in [0.1, 0.15) is 10.4 Å². The van der Waals surface area contributed by atoms with Gasteiger partial charge in [0.1, 0.15) is 5.82 Å². The Morgan fingerprint density at radius 2 is 2.25 bits per heavy atom. The van der Waals surface area contributed by atoms with Crippen molar-refractivity contribution in [2.24, 2.45) is 5.84 Å². The van der Waals surface area contributed by atoms with Crippen LogP contribution in [0.25, 0.3) is 0 Å². The molecule has 1 aromatic heterocycles. The third kappa shape index (κ3) is 2.29. The largest absolute Gasteiger partial charge is 0.336 e. The number of hydrogen-bond acceptors (Lipinski definition) is 5. The van der Waals surface area contributed by atoms with Crippen LogP contribution in [-0.4, -0.2) is 42.0 Å². The Kier molecular flexibility index (Phi) is 3.33. The van der Waals surface area contributed by atoms with Gasteiger partial charge in [-0.2, -0.15) is 0 Å². The first-order valence-corrected chi connectivity index (χ1v) is 5.24. The number of nitrogens with zero attached hydrogens (tertiary/aromatic N) is 2. The zero-order valence-corrected chi connectivity index (χ0v) is 8.94. The van der Waals surface area contributed by atoms with Crippen LogP contribution in [0.2, 0.25) is 0 Å². The van der Waals surface area contributed by atoms with Gasteiger partial charge in [0.15, 0.2) is 0 Å². The molecule has 1 saturated heterocycles. The summed E-state index contributed by atoms with van der Waals surface area (Å²) in [5.74, 6) is 5.78. The summed E-state index contributed by atoms with van der Waals surface area (Å²) in [6, 6.07) is 3.36. The molecule has 0 unspecified atom stereocenters. The van der Waals surface area contributed by atoms with Crippen LogP contribution in [0, 0.1) is 0 Å². The lowest BCUT2D eigenvalue weighted by Gasteiger charge is -2.27. The van der Waals surface area contributed by atoms with E-state index in [0.29, 0.717) is 11.4 Å². The van der Waals surface area contributed by atoms with Crippen molar-refractivity contribution in [3.05, 3.63) is 23.9 Å². The first kappa shape index (κ1) is 10.8. The number of hydrogen-bond donors (Lipinski definition) is 3. The summed E-state index contributed by atoms with van der Waals surface area (Å²) in [7, 11) is 0. The van der Waals surface area contributed by atoms with Crippen molar-refractivity contribution in [1.29, 1.82) is 0 Å². The van der Waals surface area contributed by atoms with Gasteiger partial charge in [-0.15, -0.1) is 0 Å². The average Bonchev–Trinajstić information content (AvgIpc) is 2.39. The number of nitrogen functional groups attached to an aromatic ring is 1. The number of piperazine rings is 1. The standard InChI is InChI=1S/C10H15N5O/c11-14-9-7-8(1-2-13-9)10(16)15-5-3-12-4-6-15/h1-2,7,12H,3-6,11H2,(H,13,14). The van der Waals surface area contributed by atoms with Crippen LogP contribution in [0.4, 0.5) is 5.82 Å². The van der Waals surface area contributed by atoms with Gasteiger partial charge in [-0.3, -0.25) is 4.79 Å². The molecule has 2 rings (SSSR count). The van der Waals surface area contributed by atoms with Gasteiger partial charge < -0.3 is 15.6 Å². The van der Waals surface area contributed by atoms with Gasteiger partial charge in [0.25, 0.3) is 5.91 Å². The third-order valence-electron chi connectivity index (χ3n) is 2.56. The monoisotopic (exact) mass is 221 g/mol. The number of carbonyl (C=O) groups is 1. The number of anilines is 1. The van der Waals surface area contributed by atoms with Crippen molar-refractivity contribution in [3.63, 3.8) is 0 Å². The average molecular weight is 221 g/mol. The molecule has 0 radical (unpaired) electrons. The molecule has 1 aliphatic heterocycles. The van der Waals surface area contributed by atoms with Crippen LogP contribution < -0.4 is 16.6 Å². The number of nitrogens with one attached hydrogen (secondary N) is 2. The van der Waals surface area contributed by atoms with E-state index in [2.05, 4.69) is 15.7 Å². The highest BCUT2D eigenvalue weighted by Crippen LogP contribution is 2.09. The Bertz CT molecular complexity index is 375. The highest BCUT2D eigenvalue weighted by Gasteiger charge is 2.17. The molecule has 1 fully saturated rings. The van der Waals surface area contributed by atoms with Gasteiger partial charge >= 0.3 is 0 Å². The second-order valence-corrected chi connectivity index (χ2v) is 3.62. The summed E-state index contributed by atoms with van der Waals surface area (Å²) in [5, 5.41) is 3.21. The van der Waals surface area contributed by atoms with E-state index < -0.39 is 0 Å². The second kappa shape index (κ2) is 4.91. The number of hydrazine groups is 1. The van der Waals surface area contributed by atoms with Crippen LogP contribution in [0.3, 0.4) is 0 Å². The lowest BCUT2D eigenvalue weighted by Crippen LogP contribution is -2.46. The number of rotatable bonds is 2. The maximum absolute atomic E-state index is 12.1. The van der Waals surface area contributed by atoms with Gasteiger partial charge in [0, 0.05) is 37.9 Å². The summed E-state index contributed by atoms with van der Waals surface area (Å²) in [6.45, 7) is 3.18. The molecule has 16 heavy (non-hydrogen) atoms. The highest BCUT2D eigenvalue weighted by atomic mass is 16.2. The zero-order valence-electron chi connectivity index (χ0n) is 8.94. The number of amides is 1. The summed E-state index contributed by atoms with van der Waals surface area (Å²) < 4.78 is 0. The topological polar surface area (TPSA) is 83.3 Å². The number of aromatic nitrogens is 1. The molecule has 1 aliphatic rings. The van der Waals surface area contributed by atoms with Gasteiger partial charge in [-0.05, 0) is 12.1 Å². The molecule has 0 spiro atoms. The molecular formula is C10H15N5O. The quantitative estimate of drug-likeness (QED) is 0.459. The van der Waals surface area contributed by atoms with Gasteiger partial charge in [0.2, 0.25) is 0 Å². The van der Waals surface area contributed by atoms with E-state index in [1.54, 1.807) is 18.3 Å². The minimum absolute atomic E-state index is 0.0281. The molecule has 0 atom stereocenters. The fourth-order valence-electron chi connectivity index (χ4n) is 1.69. The van der Waals surface area contributed by atoms with E-state index in [4.69, 9.17) is 5.84 Å². The maximum Gasteiger partial charge on any atom is 0.254 e. The van der Waals surface area contributed by atoms with E-state index in [-0.39, 0.29) is 5.91 Å². The summed E-state index contributed by atoms with van der Waals surface area (Å²) in [5.41, 5.74) is 3.05. The molecule has 0 aliphatic carbocycles. The van der Waals surface area contributed by atoms with Crippen LogP contribution >= 0.6 is 0 Å². The van der Waals surface area contributed by atoms with E-state index in [9.17, 15) is 4.79 Å². The summed E-state index contributed by atoms with van der Waals surface area (Å²) in [6.07, 6.45) is 1.57. The fourth-order valence-corrected chi connectivity index (χ4v) is 1.69. The zero-order chi connectivity index (χ0) is 11.4. The number of carbonyl (C=O) groups excluding carboxylic acids is 1. The van der Waals surface area contributed by atoms with Gasteiger partial charge in [-0.25, -0.2) is 10.8 Å². The van der Waals surface area contributed by atoms with Crippen molar-refractivity contribution in [2.75, 3.05) is 31.6 Å². The predicted molar refractivity (Wildman–Crippen MR) is 60.8 cm³/mol. The normalized spacial score (nSPS) is 15.9. The minimum Gasteiger partial charge on any atom is -0.336 e. The first-order valence-electron chi connectivity index (χ1n) is 5.24. The van der Waals surface area contributed by atoms with Crippen molar-refractivity contribution >= 4 is 11.7 Å². The van der Waals surface area contributed by atoms with Crippen molar-refractivity contribution in [3.8, 4) is 0 Å². The molecule has 1 amide bonds. The Morgan fingerprint density at radius 1 is 1.50 bits per heavy atom. The fraction of sp³-hybridized carbons (Fsp3) is 0.400. The molecule has 86 valence electrons. The smallest absolute Gasteiger partial charge is 0.254 e.